The third-order valence-electron chi connectivity index (χ3n) is 4.16. The molecule has 26 heavy (non-hydrogen) atoms. The second-order valence-electron chi connectivity index (χ2n) is 7.36. The molecule has 0 aliphatic rings. The van der Waals surface area contributed by atoms with Gasteiger partial charge in [-0.15, -0.1) is 0 Å². The third-order valence-corrected chi connectivity index (χ3v) is 6.69. The Morgan fingerprint density at radius 1 is 1.27 bits per heavy atom. The highest BCUT2D eigenvalue weighted by Gasteiger charge is 2.28. The summed E-state index contributed by atoms with van der Waals surface area (Å²) >= 11 is 3.30. The largest absolute Gasteiger partial charge is 0.465 e. The van der Waals surface area contributed by atoms with Gasteiger partial charge in [0.2, 0.25) is 0 Å². The molecule has 1 heterocycles. The van der Waals surface area contributed by atoms with Crippen LogP contribution < -0.4 is 5.32 Å². The minimum absolute atomic E-state index is 0.196. The van der Waals surface area contributed by atoms with Crippen molar-refractivity contribution in [3.05, 3.63) is 52.3 Å². The van der Waals surface area contributed by atoms with E-state index in [-0.39, 0.29) is 16.4 Å². The lowest BCUT2D eigenvalue weighted by atomic mass is 9.83. The molecular weight excluding hydrogens is 420 g/mol. The van der Waals surface area contributed by atoms with Gasteiger partial charge in [0, 0.05) is 12.2 Å². The Bertz CT molecular complexity index is 896. The molecule has 0 saturated heterocycles. The number of carbonyl (C=O) groups is 1. The number of aromatic nitrogens is 1. The quantitative estimate of drug-likeness (QED) is 0.731. The molecule has 8 heteroatoms. The number of rotatable bonds is 5. The molecule has 0 fully saturated rings. The molecular formula is C18H23BrN2O4S. The lowest BCUT2D eigenvalue weighted by Gasteiger charge is -2.30. The Hall–Kier alpha value is -1.80. The molecule has 1 aromatic heterocycles. The van der Waals surface area contributed by atoms with Crippen molar-refractivity contribution in [1.82, 2.24) is 9.29 Å². The first-order chi connectivity index (χ1) is 11.9. The smallest absolute Gasteiger partial charge is 0.404 e. The fourth-order valence-corrected chi connectivity index (χ4v) is 4.78. The van der Waals surface area contributed by atoms with Crippen LogP contribution in [0.25, 0.3) is 0 Å². The van der Waals surface area contributed by atoms with E-state index >= 15 is 0 Å². The Labute approximate surface area is 162 Å². The molecule has 0 spiro atoms. The summed E-state index contributed by atoms with van der Waals surface area (Å²) in [7, 11) is -3.73. The number of carboxylic acid groups (broad SMARTS) is 1. The lowest BCUT2D eigenvalue weighted by Crippen LogP contribution is -2.44. The molecule has 0 radical (unpaired) electrons. The molecule has 2 N–H and O–H groups in total. The minimum Gasteiger partial charge on any atom is -0.465 e. The van der Waals surface area contributed by atoms with Gasteiger partial charge in [-0.2, -0.15) is 0 Å². The maximum absolute atomic E-state index is 12.9. The van der Waals surface area contributed by atoms with Gasteiger partial charge in [0.15, 0.2) is 0 Å². The summed E-state index contributed by atoms with van der Waals surface area (Å²) in [5.74, 6) is 0. The van der Waals surface area contributed by atoms with Crippen molar-refractivity contribution in [2.75, 3.05) is 0 Å². The number of amides is 1. The average molecular weight is 443 g/mol. The first-order valence-electron chi connectivity index (χ1n) is 8.10. The minimum atomic E-state index is -3.73. The van der Waals surface area contributed by atoms with Crippen LogP contribution in [0.15, 0.2) is 46.0 Å². The summed E-state index contributed by atoms with van der Waals surface area (Å²) in [6.07, 6.45) is 0.808. The molecule has 6 nitrogen and oxygen atoms in total. The standard InChI is InChI=1S/C18H23BrN2O4S/c1-12-5-7-14(8-6-12)26(24,25)21-11-13(10-16(21)19)9-15(18(2,3)4)20-17(22)23/h5-8,10-11,15,20H,9H2,1-4H3,(H,22,23). The summed E-state index contributed by atoms with van der Waals surface area (Å²) in [5.41, 5.74) is 1.38. The fraction of sp³-hybridized carbons (Fsp3) is 0.389. The molecule has 0 bridgehead atoms. The van der Waals surface area contributed by atoms with Gasteiger partial charge in [0.25, 0.3) is 10.0 Å². The number of hydrogen-bond donors (Lipinski definition) is 2. The molecule has 2 rings (SSSR count). The summed E-state index contributed by atoms with van der Waals surface area (Å²) < 4.78 is 27.3. The molecule has 1 unspecified atom stereocenters. The third kappa shape index (κ3) is 4.67. The van der Waals surface area contributed by atoms with Crippen LogP contribution in [0.3, 0.4) is 0 Å². The van der Waals surface area contributed by atoms with E-state index in [0.717, 1.165) is 11.1 Å². The second kappa shape index (κ2) is 7.44. The normalized spacial score (nSPS) is 13.4. The van der Waals surface area contributed by atoms with Crippen molar-refractivity contribution in [2.45, 2.75) is 45.1 Å². The molecule has 142 valence electrons. The van der Waals surface area contributed by atoms with E-state index in [0.29, 0.717) is 11.0 Å². The van der Waals surface area contributed by atoms with E-state index in [1.54, 1.807) is 30.3 Å². The topological polar surface area (TPSA) is 88.4 Å². The number of nitrogens with zero attached hydrogens (tertiary/aromatic N) is 1. The van der Waals surface area contributed by atoms with Crippen LogP contribution in [0.1, 0.15) is 31.9 Å². The van der Waals surface area contributed by atoms with E-state index in [2.05, 4.69) is 21.2 Å². The number of benzene rings is 1. The van der Waals surface area contributed by atoms with Gasteiger partial charge in [-0.05, 0) is 58.5 Å². The first-order valence-corrected chi connectivity index (χ1v) is 10.3. The van der Waals surface area contributed by atoms with E-state index in [1.807, 2.05) is 27.7 Å². The van der Waals surface area contributed by atoms with Gasteiger partial charge in [0.05, 0.1) is 4.90 Å². The zero-order chi connectivity index (χ0) is 19.7. The molecule has 0 aliphatic heterocycles. The van der Waals surface area contributed by atoms with Crippen LogP contribution in [-0.2, 0) is 16.4 Å². The predicted octanol–water partition coefficient (Wildman–Crippen LogP) is 4.02. The highest BCUT2D eigenvalue weighted by atomic mass is 79.9. The van der Waals surface area contributed by atoms with E-state index in [4.69, 9.17) is 5.11 Å². The van der Waals surface area contributed by atoms with Gasteiger partial charge in [0.1, 0.15) is 4.60 Å². The molecule has 0 aliphatic carbocycles. The summed E-state index contributed by atoms with van der Waals surface area (Å²) in [4.78, 5) is 11.3. The highest BCUT2D eigenvalue weighted by molar-refractivity contribution is 9.10. The molecule has 1 amide bonds. The van der Waals surface area contributed by atoms with Crippen molar-refractivity contribution in [3.63, 3.8) is 0 Å². The fourth-order valence-electron chi connectivity index (χ4n) is 2.54. The van der Waals surface area contributed by atoms with Gasteiger partial charge in [-0.25, -0.2) is 17.2 Å². The second-order valence-corrected chi connectivity index (χ2v) is 9.98. The first kappa shape index (κ1) is 20.5. The van der Waals surface area contributed by atoms with Crippen LogP contribution in [0, 0.1) is 12.3 Å². The van der Waals surface area contributed by atoms with Crippen molar-refractivity contribution < 1.29 is 18.3 Å². The van der Waals surface area contributed by atoms with E-state index < -0.39 is 16.1 Å². The zero-order valence-corrected chi connectivity index (χ0v) is 17.6. The highest BCUT2D eigenvalue weighted by Crippen LogP contribution is 2.27. The van der Waals surface area contributed by atoms with E-state index in [9.17, 15) is 13.2 Å². The Morgan fingerprint density at radius 2 is 1.85 bits per heavy atom. The average Bonchev–Trinajstić information content (AvgIpc) is 2.87. The Morgan fingerprint density at radius 3 is 2.35 bits per heavy atom. The monoisotopic (exact) mass is 442 g/mol. The van der Waals surface area contributed by atoms with Gasteiger partial charge in [-0.1, -0.05) is 38.5 Å². The van der Waals surface area contributed by atoms with Crippen LogP contribution in [0.4, 0.5) is 4.79 Å². The van der Waals surface area contributed by atoms with Crippen LogP contribution >= 0.6 is 15.9 Å². The van der Waals surface area contributed by atoms with Crippen molar-refractivity contribution in [2.24, 2.45) is 5.41 Å². The molecule has 1 atom stereocenters. The Balaban J connectivity index is 2.36. The van der Waals surface area contributed by atoms with Gasteiger partial charge in [-0.3, -0.25) is 0 Å². The number of halogens is 1. The van der Waals surface area contributed by atoms with Crippen molar-refractivity contribution in [1.29, 1.82) is 0 Å². The predicted molar refractivity (Wildman–Crippen MR) is 104 cm³/mol. The van der Waals surface area contributed by atoms with Crippen molar-refractivity contribution in [3.8, 4) is 0 Å². The van der Waals surface area contributed by atoms with Crippen LogP contribution in [-0.4, -0.2) is 29.6 Å². The van der Waals surface area contributed by atoms with Gasteiger partial charge >= 0.3 is 6.09 Å². The number of hydrogen-bond acceptors (Lipinski definition) is 3. The SMILES string of the molecule is Cc1ccc(S(=O)(=O)n2cc(CC(NC(=O)O)C(C)(C)C)cc2Br)cc1. The van der Waals surface area contributed by atoms with Crippen molar-refractivity contribution >= 4 is 32.0 Å². The summed E-state index contributed by atoms with van der Waals surface area (Å²) in [6.45, 7) is 7.69. The van der Waals surface area contributed by atoms with Crippen LogP contribution in [0.2, 0.25) is 0 Å². The lowest BCUT2D eigenvalue weighted by molar-refractivity contribution is 0.174. The molecule has 2 aromatic rings. The Kier molecular flexibility index (Phi) is 5.87. The maximum atomic E-state index is 12.9. The maximum Gasteiger partial charge on any atom is 0.404 e. The molecule has 1 aromatic carbocycles. The number of aryl methyl sites for hydroxylation is 1. The summed E-state index contributed by atoms with van der Waals surface area (Å²) in [6, 6.07) is 7.98. The molecule has 0 saturated carbocycles. The van der Waals surface area contributed by atoms with Crippen LogP contribution in [0.5, 0.6) is 0 Å². The van der Waals surface area contributed by atoms with Gasteiger partial charge < -0.3 is 10.4 Å². The summed E-state index contributed by atoms with van der Waals surface area (Å²) in [5, 5.41) is 11.6. The van der Waals surface area contributed by atoms with E-state index in [1.165, 1.54) is 10.2 Å². The zero-order valence-electron chi connectivity index (χ0n) is 15.2. The number of nitrogens with one attached hydrogen (secondary N) is 1.